The van der Waals surface area contributed by atoms with Gasteiger partial charge in [-0.3, -0.25) is 9.78 Å². The van der Waals surface area contributed by atoms with E-state index in [9.17, 15) is 9.59 Å². The highest BCUT2D eigenvalue weighted by molar-refractivity contribution is 5.95. The number of amides is 1. The lowest BCUT2D eigenvalue weighted by Gasteiger charge is -2.20. The molecule has 1 heterocycles. The maximum Gasteiger partial charge on any atom is 0.338 e. The minimum atomic E-state index is -0.350. The number of esters is 1. The van der Waals surface area contributed by atoms with Crippen LogP contribution in [0, 0.1) is 0 Å². The number of aromatic nitrogens is 1. The third-order valence-corrected chi connectivity index (χ3v) is 3.17. The molecule has 1 aromatic heterocycles. The molecule has 132 valence electrons. The summed E-state index contributed by atoms with van der Waals surface area (Å²) in [7, 11) is 0. The van der Waals surface area contributed by atoms with E-state index in [2.05, 4.69) is 15.6 Å². The zero-order valence-corrected chi connectivity index (χ0v) is 14.9. The highest BCUT2D eigenvalue weighted by Crippen LogP contribution is 2.18. The third kappa shape index (κ3) is 5.60. The Morgan fingerprint density at radius 1 is 1.04 bits per heavy atom. The molecule has 2 N–H and O–H groups in total. The normalized spacial score (nSPS) is 10.9. The molecule has 0 spiro atoms. The molecule has 6 heteroatoms. The van der Waals surface area contributed by atoms with E-state index >= 15 is 0 Å². The second-order valence-electron chi connectivity index (χ2n) is 6.59. The topological polar surface area (TPSA) is 80.3 Å². The average molecular weight is 341 g/mol. The van der Waals surface area contributed by atoms with Gasteiger partial charge in [0.1, 0.15) is 0 Å². The fraction of sp³-hybridized carbons (Fsp3) is 0.316. The van der Waals surface area contributed by atoms with Crippen molar-refractivity contribution < 1.29 is 14.3 Å². The molecule has 1 aromatic carbocycles. The SMILES string of the molecule is CCOC(=O)c1ccc(Nc2cncc(C(=O)NC(C)(C)C)c2)cc1. The summed E-state index contributed by atoms with van der Waals surface area (Å²) < 4.78 is 4.95. The Hall–Kier alpha value is -2.89. The highest BCUT2D eigenvalue weighted by Gasteiger charge is 2.15. The van der Waals surface area contributed by atoms with Crippen LogP contribution < -0.4 is 10.6 Å². The van der Waals surface area contributed by atoms with E-state index in [1.165, 1.54) is 6.20 Å². The molecule has 0 aliphatic heterocycles. The van der Waals surface area contributed by atoms with Gasteiger partial charge < -0.3 is 15.4 Å². The van der Waals surface area contributed by atoms with Crippen molar-refractivity contribution in [2.45, 2.75) is 33.2 Å². The number of pyridine rings is 1. The van der Waals surface area contributed by atoms with Crippen molar-refractivity contribution in [3.63, 3.8) is 0 Å². The molecule has 2 aromatic rings. The maximum absolute atomic E-state index is 12.2. The molecule has 0 aliphatic rings. The van der Waals surface area contributed by atoms with E-state index in [-0.39, 0.29) is 17.4 Å². The summed E-state index contributed by atoms with van der Waals surface area (Å²) >= 11 is 0. The van der Waals surface area contributed by atoms with Gasteiger partial charge in [-0.2, -0.15) is 0 Å². The Morgan fingerprint density at radius 2 is 1.72 bits per heavy atom. The van der Waals surface area contributed by atoms with Gasteiger partial charge in [-0.15, -0.1) is 0 Å². The van der Waals surface area contributed by atoms with Gasteiger partial charge in [0.15, 0.2) is 0 Å². The van der Waals surface area contributed by atoms with Crippen LogP contribution >= 0.6 is 0 Å². The molecule has 0 unspecified atom stereocenters. The molecule has 2 rings (SSSR count). The number of anilines is 2. The van der Waals surface area contributed by atoms with Crippen molar-refractivity contribution in [2.24, 2.45) is 0 Å². The molecule has 0 saturated carbocycles. The van der Waals surface area contributed by atoms with Gasteiger partial charge in [-0.1, -0.05) is 0 Å². The Labute approximate surface area is 147 Å². The summed E-state index contributed by atoms with van der Waals surface area (Å²) in [6.07, 6.45) is 3.16. The van der Waals surface area contributed by atoms with Gasteiger partial charge in [-0.25, -0.2) is 4.79 Å². The Balaban J connectivity index is 2.09. The third-order valence-electron chi connectivity index (χ3n) is 3.17. The van der Waals surface area contributed by atoms with Crippen molar-refractivity contribution in [3.05, 3.63) is 53.9 Å². The minimum Gasteiger partial charge on any atom is -0.462 e. The first kappa shape index (κ1) is 18.4. The summed E-state index contributed by atoms with van der Waals surface area (Å²) in [5.41, 5.74) is 2.12. The van der Waals surface area contributed by atoms with Crippen LogP contribution in [0.15, 0.2) is 42.7 Å². The summed E-state index contributed by atoms with van der Waals surface area (Å²) in [6, 6.07) is 8.64. The second-order valence-corrected chi connectivity index (χ2v) is 6.59. The predicted molar refractivity (Wildman–Crippen MR) is 97.1 cm³/mol. The molecular weight excluding hydrogens is 318 g/mol. The molecule has 0 radical (unpaired) electrons. The van der Waals surface area contributed by atoms with Gasteiger partial charge in [0.25, 0.3) is 5.91 Å². The largest absolute Gasteiger partial charge is 0.462 e. The number of hydrogen-bond donors (Lipinski definition) is 2. The number of carbonyl (C=O) groups excluding carboxylic acids is 2. The first-order chi connectivity index (χ1) is 11.8. The second kappa shape index (κ2) is 7.79. The van der Waals surface area contributed by atoms with E-state index in [0.29, 0.717) is 23.4 Å². The number of nitrogens with zero attached hydrogens (tertiary/aromatic N) is 1. The zero-order valence-electron chi connectivity index (χ0n) is 14.9. The van der Waals surface area contributed by atoms with Crippen molar-refractivity contribution in [1.82, 2.24) is 10.3 Å². The number of rotatable bonds is 5. The van der Waals surface area contributed by atoms with Crippen molar-refractivity contribution in [1.29, 1.82) is 0 Å². The number of nitrogens with one attached hydrogen (secondary N) is 2. The van der Waals surface area contributed by atoms with E-state index in [1.54, 1.807) is 43.5 Å². The van der Waals surface area contributed by atoms with Crippen LogP contribution in [0.2, 0.25) is 0 Å². The first-order valence-corrected chi connectivity index (χ1v) is 8.10. The van der Waals surface area contributed by atoms with Gasteiger partial charge in [0, 0.05) is 17.4 Å². The molecule has 0 saturated heterocycles. The van der Waals surface area contributed by atoms with Crippen LogP contribution in [0.25, 0.3) is 0 Å². The van der Waals surface area contributed by atoms with Gasteiger partial charge in [0.05, 0.1) is 29.6 Å². The summed E-state index contributed by atoms with van der Waals surface area (Å²) in [6.45, 7) is 7.88. The quantitative estimate of drug-likeness (QED) is 0.813. The average Bonchev–Trinajstić information content (AvgIpc) is 2.54. The summed E-state index contributed by atoms with van der Waals surface area (Å²) in [5.74, 6) is -0.530. The standard InChI is InChI=1S/C19H23N3O3/c1-5-25-18(24)13-6-8-15(9-7-13)21-16-10-14(11-20-12-16)17(23)22-19(2,3)4/h6-12,21H,5H2,1-4H3,(H,22,23). The lowest BCUT2D eigenvalue weighted by molar-refractivity contribution is 0.0526. The van der Waals surface area contributed by atoms with Crippen LogP contribution in [0.5, 0.6) is 0 Å². The summed E-state index contributed by atoms with van der Waals surface area (Å²) in [4.78, 5) is 28.0. The number of ether oxygens (including phenoxy) is 1. The molecule has 0 atom stereocenters. The fourth-order valence-electron chi connectivity index (χ4n) is 2.12. The molecule has 25 heavy (non-hydrogen) atoms. The van der Waals surface area contributed by atoms with Crippen LogP contribution in [0.3, 0.4) is 0 Å². The van der Waals surface area contributed by atoms with Gasteiger partial charge >= 0.3 is 5.97 Å². The van der Waals surface area contributed by atoms with Crippen LogP contribution in [-0.2, 0) is 4.74 Å². The maximum atomic E-state index is 12.2. The Bertz CT molecular complexity index is 749. The fourth-order valence-corrected chi connectivity index (χ4v) is 2.12. The van der Waals surface area contributed by atoms with Gasteiger partial charge in [0.2, 0.25) is 0 Å². The van der Waals surface area contributed by atoms with E-state index in [1.807, 2.05) is 20.8 Å². The van der Waals surface area contributed by atoms with Crippen molar-refractivity contribution in [2.75, 3.05) is 11.9 Å². The molecular formula is C19H23N3O3. The van der Waals surface area contributed by atoms with Crippen LogP contribution in [0.1, 0.15) is 48.4 Å². The lowest BCUT2D eigenvalue weighted by Crippen LogP contribution is -2.40. The van der Waals surface area contributed by atoms with Crippen molar-refractivity contribution >= 4 is 23.3 Å². The smallest absolute Gasteiger partial charge is 0.338 e. The molecule has 1 amide bonds. The first-order valence-electron chi connectivity index (χ1n) is 8.10. The van der Waals surface area contributed by atoms with E-state index < -0.39 is 0 Å². The minimum absolute atomic E-state index is 0.179. The lowest BCUT2D eigenvalue weighted by atomic mass is 10.1. The van der Waals surface area contributed by atoms with Crippen LogP contribution in [0.4, 0.5) is 11.4 Å². The highest BCUT2D eigenvalue weighted by atomic mass is 16.5. The van der Waals surface area contributed by atoms with E-state index in [4.69, 9.17) is 4.74 Å². The van der Waals surface area contributed by atoms with Crippen molar-refractivity contribution in [3.8, 4) is 0 Å². The Kier molecular flexibility index (Phi) is 5.75. The zero-order chi connectivity index (χ0) is 18.4. The van der Waals surface area contributed by atoms with E-state index in [0.717, 1.165) is 5.69 Å². The summed E-state index contributed by atoms with van der Waals surface area (Å²) in [5, 5.41) is 6.07. The predicted octanol–water partition coefficient (Wildman–Crippen LogP) is 3.53. The molecule has 0 fully saturated rings. The van der Waals surface area contributed by atoms with Gasteiger partial charge in [-0.05, 0) is 58.0 Å². The molecule has 0 aliphatic carbocycles. The monoisotopic (exact) mass is 341 g/mol. The number of hydrogen-bond acceptors (Lipinski definition) is 5. The van der Waals surface area contributed by atoms with Crippen LogP contribution in [-0.4, -0.2) is 29.0 Å². The molecule has 0 bridgehead atoms. The molecule has 6 nitrogen and oxygen atoms in total. The number of carbonyl (C=O) groups is 2. The number of benzene rings is 1. The Morgan fingerprint density at radius 3 is 2.32 bits per heavy atom.